The number of ether oxygens (including phenoxy) is 3. The molecular formula is C37H36F2N6O5. The second-order valence-electron chi connectivity index (χ2n) is 13.6. The summed E-state index contributed by atoms with van der Waals surface area (Å²) < 4.78 is 49.4. The van der Waals surface area contributed by atoms with E-state index < -0.39 is 17.7 Å². The largest absolute Gasteiger partial charge is 0.468 e. The zero-order valence-corrected chi connectivity index (χ0v) is 27.6. The van der Waals surface area contributed by atoms with Crippen LogP contribution in [0.4, 0.5) is 19.4 Å². The molecule has 4 aliphatic rings. The van der Waals surface area contributed by atoms with Gasteiger partial charge in [-0.05, 0) is 62.2 Å². The molecule has 11 nitrogen and oxygen atoms in total. The first-order chi connectivity index (χ1) is 24.2. The van der Waals surface area contributed by atoms with Crippen LogP contribution in [-0.4, -0.2) is 100 Å². The summed E-state index contributed by atoms with van der Waals surface area (Å²) in [6.45, 7) is 6.98. The Morgan fingerprint density at radius 3 is 2.72 bits per heavy atom. The monoisotopic (exact) mass is 682 g/mol. The lowest BCUT2D eigenvalue weighted by atomic mass is 9.94. The number of carboxylic acid groups (broad SMARTS) is 1. The molecule has 4 aliphatic heterocycles. The summed E-state index contributed by atoms with van der Waals surface area (Å²) in [5.74, 6) is 1.79. The number of hydrogen-bond acceptors (Lipinski definition) is 9. The first kappa shape index (κ1) is 32.2. The number of halogens is 2. The minimum Gasteiger partial charge on any atom is -0.468 e. The van der Waals surface area contributed by atoms with Gasteiger partial charge in [-0.2, -0.15) is 9.97 Å². The SMILES string of the molecule is C#Cc1c(F)ccc2cc(OCOC)cc(-c3ncc4c(N5C[C@H]6CC[C@@H](C5)N6C(=O)O)nc(OC[C@@]56CCCN5CC(=C)C6)nc4c3F)c12. The molecule has 2 bridgehead atoms. The van der Waals surface area contributed by atoms with E-state index >= 15 is 8.78 Å². The fourth-order valence-corrected chi connectivity index (χ4v) is 8.50. The number of piperazine rings is 1. The number of benzene rings is 2. The molecular weight excluding hydrogens is 646 g/mol. The van der Waals surface area contributed by atoms with Crippen molar-refractivity contribution in [3.8, 4) is 35.4 Å². The van der Waals surface area contributed by atoms with Crippen LogP contribution in [0.5, 0.6) is 11.8 Å². The van der Waals surface area contributed by atoms with Gasteiger partial charge in [0, 0.05) is 43.9 Å². The highest BCUT2D eigenvalue weighted by molar-refractivity contribution is 6.03. The van der Waals surface area contributed by atoms with E-state index in [4.69, 9.17) is 25.6 Å². The van der Waals surface area contributed by atoms with Crippen LogP contribution < -0.4 is 14.4 Å². The first-order valence-corrected chi connectivity index (χ1v) is 16.7. The third kappa shape index (κ3) is 5.25. The summed E-state index contributed by atoms with van der Waals surface area (Å²) in [6.07, 6.45) is 10.6. The van der Waals surface area contributed by atoms with Gasteiger partial charge < -0.3 is 24.2 Å². The van der Waals surface area contributed by atoms with Gasteiger partial charge in [-0.1, -0.05) is 24.1 Å². The molecule has 8 rings (SSSR count). The summed E-state index contributed by atoms with van der Waals surface area (Å²) in [6, 6.07) is 5.59. The lowest BCUT2D eigenvalue weighted by molar-refractivity contribution is 0.0512. The van der Waals surface area contributed by atoms with E-state index in [2.05, 4.69) is 27.4 Å². The van der Waals surface area contributed by atoms with E-state index in [1.807, 2.05) is 4.90 Å². The van der Waals surface area contributed by atoms with Gasteiger partial charge in [0.25, 0.3) is 0 Å². The third-order valence-corrected chi connectivity index (χ3v) is 10.6. The number of nitrogens with zero attached hydrogens (tertiary/aromatic N) is 6. The number of rotatable bonds is 8. The van der Waals surface area contributed by atoms with Crippen LogP contribution in [0.3, 0.4) is 0 Å². The minimum absolute atomic E-state index is 0.00712. The topological polar surface area (TPSA) is 113 Å². The Labute approximate surface area is 287 Å². The maximum absolute atomic E-state index is 17.1. The maximum atomic E-state index is 17.1. The predicted octanol–water partition coefficient (Wildman–Crippen LogP) is 5.59. The van der Waals surface area contributed by atoms with Crippen molar-refractivity contribution in [1.29, 1.82) is 0 Å². The zero-order chi connectivity index (χ0) is 34.7. The number of carbonyl (C=O) groups is 1. The molecule has 4 fully saturated rings. The highest BCUT2D eigenvalue weighted by Crippen LogP contribution is 2.43. The van der Waals surface area contributed by atoms with Crippen LogP contribution in [0.1, 0.15) is 37.7 Å². The Bertz CT molecular complexity index is 2090. The van der Waals surface area contributed by atoms with Gasteiger partial charge in [-0.15, -0.1) is 6.42 Å². The molecule has 0 radical (unpaired) electrons. The molecule has 0 aliphatic carbocycles. The second kappa shape index (κ2) is 12.4. The molecule has 2 aromatic carbocycles. The Balaban J connectivity index is 1.27. The van der Waals surface area contributed by atoms with Crippen molar-refractivity contribution in [3.05, 3.63) is 59.8 Å². The van der Waals surface area contributed by atoms with Crippen molar-refractivity contribution in [3.63, 3.8) is 0 Å². The third-order valence-electron chi connectivity index (χ3n) is 10.6. The number of pyridine rings is 1. The van der Waals surface area contributed by atoms with E-state index in [0.717, 1.165) is 50.8 Å². The standard InChI is InChI=1S/C37H36F2N6O5/c1-4-26-29(38)9-6-22-12-25(50-20-48-3)13-27(30(22)26)32-31(39)33-28(15-40-32)34(43-17-23-7-8-24(18-43)45(23)36(46)47)42-35(41-33)49-19-37-10-5-11-44(37)16-21(2)14-37/h1,6,9,12-13,15,23-24H,2,5,7-8,10-11,14,16-20H2,3H3,(H,46,47)/t23-,24+,37-/m0/s1. The van der Waals surface area contributed by atoms with Crippen LogP contribution in [-0.2, 0) is 4.74 Å². The molecule has 0 unspecified atom stereocenters. The Morgan fingerprint density at radius 1 is 1.18 bits per heavy atom. The average molecular weight is 683 g/mol. The summed E-state index contributed by atoms with van der Waals surface area (Å²) in [7, 11) is 1.48. The predicted molar refractivity (Wildman–Crippen MR) is 182 cm³/mol. The minimum atomic E-state index is -0.948. The van der Waals surface area contributed by atoms with Crippen LogP contribution in [0.2, 0.25) is 0 Å². The van der Waals surface area contributed by atoms with Gasteiger partial charge in [0.15, 0.2) is 12.6 Å². The maximum Gasteiger partial charge on any atom is 0.407 e. The number of methoxy groups -OCH3 is 1. The average Bonchev–Trinajstić information content (AvgIpc) is 3.73. The summed E-state index contributed by atoms with van der Waals surface area (Å²) in [4.78, 5) is 32.0. The van der Waals surface area contributed by atoms with Gasteiger partial charge >= 0.3 is 12.1 Å². The number of anilines is 1. The zero-order valence-electron chi connectivity index (χ0n) is 27.6. The van der Waals surface area contributed by atoms with E-state index in [1.165, 1.54) is 24.3 Å². The van der Waals surface area contributed by atoms with Crippen molar-refractivity contribution >= 4 is 33.6 Å². The van der Waals surface area contributed by atoms with Crippen LogP contribution >= 0.6 is 0 Å². The van der Waals surface area contributed by atoms with Crippen molar-refractivity contribution in [2.45, 2.75) is 49.7 Å². The lowest BCUT2D eigenvalue weighted by Crippen LogP contribution is -2.55. The van der Waals surface area contributed by atoms with E-state index in [-0.39, 0.29) is 52.8 Å². The number of hydrogen-bond donors (Lipinski definition) is 1. The molecule has 13 heteroatoms. The van der Waals surface area contributed by atoms with E-state index in [9.17, 15) is 9.90 Å². The highest BCUT2D eigenvalue weighted by Gasteiger charge is 2.47. The van der Waals surface area contributed by atoms with Crippen LogP contribution in [0, 0.1) is 24.0 Å². The first-order valence-electron chi connectivity index (χ1n) is 16.7. The fraction of sp³-hybridized carbons (Fsp3) is 0.405. The van der Waals surface area contributed by atoms with Crippen molar-refractivity contribution < 1.29 is 32.9 Å². The smallest absolute Gasteiger partial charge is 0.407 e. The molecule has 0 spiro atoms. The van der Waals surface area contributed by atoms with Gasteiger partial charge in [-0.25, -0.2) is 13.6 Å². The molecule has 3 atom stereocenters. The van der Waals surface area contributed by atoms with Crippen molar-refractivity contribution in [2.24, 2.45) is 0 Å². The highest BCUT2D eigenvalue weighted by atomic mass is 19.1. The summed E-state index contributed by atoms with van der Waals surface area (Å²) >= 11 is 0. The quantitative estimate of drug-likeness (QED) is 0.143. The molecule has 1 N–H and O–H groups in total. The number of fused-ring (bicyclic) bond motifs is 5. The molecule has 0 saturated carbocycles. The molecule has 258 valence electrons. The molecule has 1 amide bonds. The van der Waals surface area contributed by atoms with Crippen LogP contribution in [0.25, 0.3) is 32.9 Å². The number of amides is 1. The van der Waals surface area contributed by atoms with Crippen molar-refractivity contribution in [1.82, 2.24) is 24.8 Å². The van der Waals surface area contributed by atoms with Crippen LogP contribution in [0.15, 0.2) is 42.6 Å². The number of aromatic nitrogens is 3. The molecule has 2 aromatic heterocycles. The Kier molecular flexibility index (Phi) is 7.95. The van der Waals surface area contributed by atoms with Gasteiger partial charge in [0.2, 0.25) is 0 Å². The Hall–Kier alpha value is -5.06. The van der Waals surface area contributed by atoms with Gasteiger partial charge in [0.05, 0.1) is 28.6 Å². The van der Waals surface area contributed by atoms with E-state index in [0.29, 0.717) is 47.4 Å². The lowest BCUT2D eigenvalue weighted by Gasteiger charge is -2.40. The molecule has 4 saturated heterocycles. The summed E-state index contributed by atoms with van der Waals surface area (Å²) in [5, 5.41) is 11.0. The van der Waals surface area contributed by atoms with Gasteiger partial charge in [0.1, 0.15) is 35.2 Å². The van der Waals surface area contributed by atoms with Gasteiger partial charge in [-0.3, -0.25) is 14.8 Å². The molecule has 4 aromatic rings. The van der Waals surface area contributed by atoms with Crippen molar-refractivity contribution in [2.75, 3.05) is 51.6 Å². The normalized spacial score (nSPS) is 23.1. The van der Waals surface area contributed by atoms with E-state index in [1.54, 1.807) is 18.2 Å². The molecule has 50 heavy (non-hydrogen) atoms. The Morgan fingerprint density at radius 2 is 1.98 bits per heavy atom. The number of terminal acetylenes is 1. The molecule has 6 heterocycles. The fourth-order valence-electron chi connectivity index (χ4n) is 8.50. The summed E-state index contributed by atoms with van der Waals surface area (Å²) in [5.41, 5.74) is 0.979. The second-order valence-corrected chi connectivity index (χ2v) is 13.6.